The second kappa shape index (κ2) is 6.08. The van der Waals surface area contributed by atoms with E-state index in [4.69, 9.17) is 0 Å². The van der Waals surface area contributed by atoms with Crippen LogP contribution in [0.15, 0.2) is 30.6 Å². The molecule has 1 heterocycles. The Labute approximate surface area is 109 Å². The molecule has 4 nitrogen and oxygen atoms in total. The number of halogens is 2. The first-order valence-corrected chi connectivity index (χ1v) is 5.92. The van der Waals surface area contributed by atoms with Gasteiger partial charge < -0.3 is 10.6 Å². The summed E-state index contributed by atoms with van der Waals surface area (Å²) in [6.45, 7) is 3.09. The van der Waals surface area contributed by atoms with E-state index in [-0.39, 0.29) is 0 Å². The Morgan fingerprint density at radius 2 is 1.74 bits per heavy atom. The van der Waals surface area contributed by atoms with Crippen molar-refractivity contribution in [2.45, 2.75) is 13.5 Å². The van der Waals surface area contributed by atoms with Gasteiger partial charge >= 0.3 is 0 Å². The summed E-state index contributed by atoms with van der Waals surface area (Å²) in [5.41, 5.74) is 0.641. The first-order chi connectivity index (χ1) is 9.19. The molecule has 0 saturated heterocycles. The summed E-state index contributed by atoms with van der Waals surface area (Å²) in [5.74, 6) is -0.364. The van der Waals surface area contributed by atoms with E-state index in [1.54, 1.807) is 6.07 Å². The van der Waals surface area contributed by atoms with Crippen molar-refractivity contribution in [2.24, 2.45) is 0 Å². The highest BCUT2D eigenvalue weighted by Crippen LogP contribution is 2.12. The van der Waals surface area contributed by atoms with Gasteiger partial charge in [0.25, 0.3) is 0 Å². The van der Waals surface area contributed by atoms with E-state index < -0.39 is 11.6 Å². The smallest absolute Gasteiger partial charge is 0.159 e. The zero-order chi connectivity index (χ0) is 13.7. The molecule has 1 aromatic heterocycles. The lowest BCUT2D eigenvalue weighted by atomic mass is 10.2. The lowest BCUT2D eigenvalue weighted by Gasteiger charge is -2.07. The molecule has 2 aromatic rings. The van der Waals surface area contributed by atoms with Gasteiger partial charge in [-0.2, -0.15) is 0 Å². The number of nitrogens with zero attached hydrogens (tertiary/aromatic N) is 2. The van der Waals surface area contributed by atoms with E-state index in [1.807, 2.05) is 6.92 Å². The molecule has 0 atom stereocenters. The van der Waals surface area contributed by atoms with Gasteiger partial charge in [-0.05, 0) is 24.6 Å². The van der Waals surface area contributed by atoms with Crippen molar-refractivity contribution in [2.75, 3.05) is 17.2 Å². The molecule has 0 unspecified atom stereocenters. The number of aromatic nitrogens is 2. The van der Waals surface area contributed by atoms with Gasteiger partial charge in [0.15, 0.2) is 11.6 Å². The Hall–Kier alpha value is -2.24. The molecule has 6 heteroatoms. The molecule has 0 aliphatic heterocycles. The van der Waals surface area contributed by atoms with Gasteiger partial charge in [0.05, 0.1) is 0 Å². The van der Waals surface area contributed by atoms with Crippen LogP contribution in [0.5, 0.6) is 0 Å². The first kappa shape index (κ1) is 13.2. The summed E-state index contributed by atoms with van der Waals surface area (Å²) in [7, 11) is 0. The van der Waals surface area contributed by atoms with Crippen LogP contribution in [-0.2, 0) is 6.54 Å². The van der Waals surface area contributed by atoms with Crippen molar-refractivity contribution >= 4 is 11.6 Å². The first-order valence-electron chi connectivity index (χ1n) is 5.92. The topological polar surface area (TPSA) is 49.8 Å². The molecule has 0 saturated carbocycles. The lowest BCUT2D eigenvalue weighted by Crippen LogP contribution is -2.05. The molecule has 0 spiro atoms. The minimum absolute atomic E-state index is 0.361. The van der Waals surface area contributed by atoms with E-state index in [9.17, 15) is 8.78 Å². The van der Waals surface area contributed by atoms with Crippen molar-refractivity contribution in [3.8, 4) is 0 Å². The molecule has 100 valence electrons. The molecule has 0 bridgehead atoms. The largest absolute Gasteiger partial charge is 0.370 e. The number of hydrogen-bond donors (Lipinski definition) is 2. The van der Waals surface area contributed by atoms with Crippen molar-refractivity contribution in [3.63, 3.8) is 0 Å². The predicted octanol–water partition coefficient (Wildman–Crippen LogP) is 2.80. The van der Waals surface area contributed by atoms with Gasteiger partial charge in [0, 0.05) is 19.2 Å². The maximum atomic E-state index is 13.0. The zero-order valence-corrected chi connectivity index (χ0v) is 10.5. The van der Waals surface area contributed by atoms with E-state index >= 15 is 0 Å². The molecule has 2 N–H and O–H groups in total. The van der Waals surface area contributed by atoms with Crippen LogP contribution in [-0.4, -0.2) is 16.5 Å². The Morgan fingerprint density at radius 3 is 2.42 bits per heavy atom. The molecule has 0 aliphatic rings. The SMILES string of the molecule is CCNc1cc(NCc2ccc(F)c(F)c2)ncn1. The highest BCUT2D eigenvalue weighted by molar-refractivity contribution is 5.46. The summed E-state index contributed by atoms with van der Waals surface area (Å²) < 4.78 is 25.8. The molecule has 0 fully saturated rings. The van der Waals surface area contributed by atoms with Gasteiger partial charge in [0.2, 0.25) is 0 Å². The number of rotatable bonds is 5. The summed E-state index contributed by atoms with van der Waals surface area (Å²) in [5, 5.41) is 6.09. The number of hydrogen-bond acceptors (Lipinski definition) is 4. The van der Waals surface area contributed by atoms with E-state index in [0.717, 1.165) is 18.7 Å². The van der Waals surface area contributed by atoms with Gasteiger partial charge in [-0.3, -0.25) is 0 Å². The van der Waals surface area contributed by atoms with Crippen molar-refractivity contribution in [1.29, 1.82) is 0 Å². The fraction of sp³-hybridized carbons (Fsp3) is 0.231. The van der Waals surface area contributed by atoms with Crippen molar-refractivity contribution in [3.05, 3.63) is 47.8 Å². The minimum atomic E-state index is -0.852. The van der Waals surface area contributed by atoms with Crippen LogP contribution in [0.1, 0.15) is 12.5 Å². The maximum absolute atomic E-state index is 13.0. The molecule has 0 amide bonds. The highest BCUT2D eigenvalue weighted by atomic mass is 19.2. The lowest BCUT2D eigenvalue weighted by molar-refractivity contribution is 0.507. The average Bonchev–Trinajstić information content (AvgIpc) is 2.41. The minimum Gasteiger partial charge on any atom is -0.370 e. The van der Waals surface area contributed by atoms with Gasteiger partial charge in [-0.25, -0.2) is 18.7 Å². The van der Waals surface area contributed by atoms with Crippen molar-refractivity contribution < 1.29 is 8.78 Å². The van der Waals surface area contributed by atoms with Crippen LogP contribution in [0, 0.1) is 11.6 Å². The third kappa shape index (κ3) is 3.61. The van der Waals surface area contributed by atoms with Gasteiger partial charge in [-0.15, -0.1) is 0 Å². The fourth-order valence-corrected chi connectivity index (χ4v) is 1.57. The molecule has 1 aromatic carbocycles. The predicted molar refractivity (Wildman–Crippen MR) is 69.9 cm³/mol. The van der Waals surface area contributed by atoms with Gasteiger partial charge in [0.1, 0.15) is 18.0 Å². The fourth-order valence-electron chi connectivity index (χ4n) is 1.57. The van der Waals surface area contributed by atoms with Crippen LogP contribution in [0.2, 0.25) is 0 Å². The second-order valence-electron chi connectivity index (χ2n) is 3.92. The number of benzene rings is 1. The zero-order valence-electron chi connectivity index (χ0n) is 10.5. The third-order valence-corrected chi connectivity index (χ3v) is 2.48. The normalized spacial score (nSPS) is 10.3. The molecular weight excluding hydrogens is 250 g/mol. The maximum Gasteiger partial charge on any atom is 0.159 e. The Morgan fingerprint density at radius 1 is 1.00 bits per heavy atom. The summed E-state index contributed by atoms with van der Waals surface area (Å²) in [6.07, 6.45) is 1.44. The van der Waals surface area contributed by atoms with Crippen LogP contribution in [0.3, 0.4) is 0 Å². The van der Waals surface area contributed by atoms with E-state index in [1.165, 1.54) is 12.4 Å². The summed E-state index contributed by atoms with van der Waals surface area (Å²) in [6, 6.07) is 5.55. The van der Waals surface area contributed by atoms with Crippen LogP contribution in [0.25, 0.3) is 0 Å². The third-order valence-electron chi connectivity index (χ3n) is 2.48. The number of nitrogens with one attached hydrogen (secondary N) is 2. The van der Waals surface area contributed by atoms with E-state index in [2.05, 4.69) is 20.6 Å². The van der Waals surface area contributed by atoms with Crippen molar-refractivity contribution in [1.82, 2.24) is 9.97 Å². The Kier molecular flexibility index (Phi) is 4.22. The standard InChI is InChI=1S/C13H14F2N4/c1-2-16-12-6-13(19-8-18-12)17-7-9-3-4-10(14)11(15)5-9/h3-6,8H,2,7H2,1H3,(H2,16,17,18,19). The highest BCUT2D eigenvalue weighted by Gasteiger charge is 2.03. The monoisotopic (exact) mass is 264 g/mol. The van der Waals surface area contributed by atoms with Crippen LogP contribution < -0.4 is 10.6 Å². The van der Waals surface area contributed by atoms with Crippen LogP contribution >= 0.6 is 0 Å². The summed E-state index contributed by atoms with van der Waals surface area (Å²) >= 11 is 0. The quantitative estimate of drug-likeness (QED) is 0.872. The molecule has 0 aliphatic carbocycles. The Balaban J connectivity index is 2.01. The van der Waals surface area contributed by atoms with Gasteiger partial charge in [-0.1, -0.05) is 6.07 Å². The molecule has 19 heavy (non-hydrogen) atoms. The number of anilines is 2. The Bertz CT molecular complexity index is 560. The van der Waals surface area contributed by atoms with E-state index in [0.29, 0.717) is 23.7 Å². The average molecular weight is 264 g/mol. The van der Waals surface area contributed by atoms with Crippen LogP contribution in [0.4, 0.5) is 20.4 Å². The molecule has 2 rings (SSSR count). The summed E-state index contributed by atoms with van der Waals surface area (Å²) in [4.78, 5) is 8.08. The molecule has 0 radical (unpaired) electrons. The second-order valence-corrected chi connectivity index (χ2v) is 3.92. The molecular formula is C13H14F2N4.